The standard InChI is InChI=1S/C29H29N5O4S2/c1-6-33(7-2)27(36)24-18(4)32-29-34(25(24)20-10-8-9-11-21(20)37-5)26(35)22(39-29)16-19-12-13-23(38-19)40-28-30-15-14-17(3)31-28/h8-16,25H,6-7H2,1-5H3/b22-16-/t25-/m1/s1. The molecule has 4 heterocycles. The van der Waals surface area contributed by atoms with Gasteiger partial charge >= 0.3 is 0 Å². The second kappa shape index (κ2) is 11.6. The normalized spacial score (nSPS) is 15.1. The zero-order chi connectivity index (χ0) is 28.4. The molecule has 1 atom stereocenters. The van der Waals surface area contributed by atoms with E-state index in [9.17, 15) is 9.59 Å². The third-order valence-electron chi connectivity index (χ3n) is 6.58. The van der Waals surface area contributed by atoms with Gasteiger partial charge in [-0.05, 0) is 63.7 Å². The molecule has 0 aliphatic carbocycles. The SMILES string of the molecule is CCN(CC)C(=O)C1=C(C)N=c2s/c(=C\c3ccc(Sc4nccc(C)n4)o3)c(=O)n2[C@@H]1c1ccccc1OC. The Hall–Kier alpha value is -3.96. The van der Waals surface area contributed by atoms with E-state index in [0.717, 1.165) is 11.3 Å². The second-order valence-corrected chi connectivity index (χ2v) is 11.0. The van der Waals surface area contributed by atoms with Gasteiger partial charge in [0.2, 0.25) is 0 Å². The molecule has 0 saturated heterocycles. The van der Waals surface area contributed by atoms with Gasteiger partial charge in [0.05, 0.1) is 22.9 Å². The molecule has 11 heteroatoms. The van der Waals surface area contributed by atoms with Gasteiger partial charge < -0.3 is 14.1 Å². The molecule has 1 aliphatic rings. The van der Waals surface area contributed by atoms with Crippen molar-refractivity contribution < 1.29 is 13.9 Å². The zero-order valence-electron chi connectivity index (χ0n) is 22.9. The van der Waals surface area contributed by atoms with Crippen molar-refractivity contribution in [2.75, 3.05) is 20.2 Å². The van der Waals surface area contributed by atoms with E-state index in [1.807, 2.05) is 64.1 Å². The molecule has 5 rings (SSSR count). The van der Waals surface area contributed by atoms with Gasteiger partial charge in [-0.2, -0.15) is 0 Å². The number of hydrogen-bond donors (Lipinski definition) is 0. The molecule has 40 heavy (non-hydrogen) atoms. The Balaban J connectivity index is 1.62. The minimum atomic E-state index is -0.691. The van der Waals surface area contributed by atoms with E-state index in [4.69, 9.17) is 14.1 Å². The molecule has 0 fully saturated rings. The lowest BCUT2D eigenvalue weighted by molar-refractivity contribution is -0.127. The van der Waals surface area contributed by atoms with Crippen LogP contribution in [0.3, 0.4) is 0 Å². The molecule has 1 amide bonds. The maximum Gasteiger partial charge on any atom is 0.271 e. The number of fused-ring (bicyclic) bond motifs is 1. The maximum atomic E-state index is 13.9. The van der Waals surface area contributed by atoms with E-state index in [2.05, 4.69) is 9.97 Å². The lowest BCUT2D eigenvalue weighted by Gasteiger charge is -2.29. The monoisotopic (exact) mass is 575 g/mol. The lowest BCUT2D eigenvalue weighted by Crippen LogP contribution is -2.43. The molecule has 0 N–H and O–H groups in total. The number of methoxy groups -OCH3 is 1. The number of nitrogens with zero attached hydrogens (tertiary/aromatic N) is 5. The highest BCUT2D eigenvalue weighted by molar-refractivity contribution is 7.99. The van der Waals surface area contributed by atoms with Gasteiger partial charge in [-0.15, -0.1) is 0 Å². The number of benzene rings is 1. The predicted octanol–water partition coefficient (Wildman–Crippen LogP) is 3.95. The number of thiazole rings is 1. The van der Waals surface area contributed by atoms with E-state index in [0.29, 0.717) is 55.5 Å². The van der Waals surface area contributed by atoms with Gasteiger partial charge in [-0.25, -0.2) is 15.0 Å². The number of para-hydroxylation sites is 1. The average molecular weight is 576 g/mol. The molecule has 0 radical (unpaired) electrons. The molecular formula is C29H29N5O4S2. The van der Waals surface area contributed by atoms with Crippen molar-refractivity contribution in [2.45, 2.75) is 44.0 Å². The Morgan fingerprint density at radius 2 is 1.95 bits per heavy atom. The van der Waals surface area contributed by atoms with Gasteiger partial charge in [0.25, 0.3) is 11.5 Å². The molecule has 206 valence electrons. The zero-order valence-corrected chi connectivity index (χ0v) is 24.5. The van der Waals surface area contributed by atoms with Crippen LogP contribution in [-0.4, -0.2) is 45.5 Å². The van der Waals surface area contributed by atoms with Crippen LogP contribution in [-0.2, 0) is 4.79 Å². The number of allylic oxidation sites excluding steroid dienone is 1. The van der Waals surface area contributed by atoms with Crippen molar-refractivity contribution in [3.8, 4) is 5.75 Å². The van der Waals surface area contributed by atoms with Crippen LogP contribution in [0.25, 0.3) is 6.08 Å². The quantitative estimate of drug-likeness (QED) is 0.293. The summed E-state index contributed by atoms with van der Waals surface area (Å²) in [4.78, 5) is 43.3. The van der Waals surface area contributed by atoms with Crippen molar-refractivity contribution in [1.29, 1.82) is 0 Å². The van der Waals surface area contributed by atoms with E-state index in [1.54, 1.807) is 34.9 Å². The van der Waals surface area contributed by atoms with Crippen LogP contribution < -0.4 is 19.6 Å². The molecule has 9 nitrogen and oxygen atoms in total. The summed E-state index contributed by atoms with van der Waals surface area (Å²) < 4.78 is 13.7. The fourth-order valence-electron chi connectivity index (χ4n) is 4.62. The van der Waals surface area contributed by atoms with Gasteiger partial charge in [0, 0.05) is 36.6 Å². The summed E-state index contributed by atoms with van der Waals surface area (Å²) in [5, 5.41) is 1.19. The first-order valence-corrected chi connectivity index (χ1v) is 14.5. The lowest BCUT2D eigenvalue weighted by atomic mass is 9.94. The van der Waals surface area contributed by atoms with Crippen molar-refractivity contribution >= 4 is 35.1 Å². The van der Waals surface area contributed by atoms with Crippen LogP contribution in [0.1, 0.15) is 43.8 Å². The summed E-state index contributed by atoms with van der Waals surface area (Å²) in [6.07, 6.45) is 3.41. The van der Waals surface area contributed by atoms with Gasteiger partial charge in [0.1, 0.15) is 17.6 Å². The van der Waals surface area contributed by atoms with Crippen LogP contribution in [0.2, 0.25) is 0 Å². The number of carbonyl (C=O) groups is 1. The Bertz CT molecular complexity index is 1780. The maximum absolute atomic E-state index is 13.9. The minimum absolute atomic E-state index is 0.150. The molecule has 3 aromatic heterocycles. The van der Waals surface area contributed by atoms with Crippen molar-refractivity contribution in [3.05, 3.63) is 96.6 Å². The molecule has 0 saturated carbocycles. The number of hydrogen-bond acceptors (Lipinski definition) is 9. The number of amides is 1. The Kier molecular flexibility index (Phi) is 8.04. The number of aromatic nitrogens is 3. The molecule has 4 aromatic rings. The van der Waals surface area contributed by atoms with Crippen LogP contribution in [0.5, 0.6) is 5.75 Å². The number of furan rings is 1. The topological polar surface area (TPSA) is 103 Å². The van der Waals surface area contributed by atoms with Gasteiger partial charge in [-0.1, -0.05) is 29.5 Å². The number of ether oxygens (including phenoxy) is 1. The highest BCUT2D eigenvalue weighted by Gasteiger charge is 2.35. The highest BCUT2D eigenvalue weighted by Crippen LogP contribution is 2.36. The van der Waals surface area contributed by atoms with Crippen molar-refractivity contribution in [1.82, 2.24) is 19.4 Å². The summed E-state index contributed by atoms with van der Waals surface area (Å²) in [6, 6.07) is 12.2. The first-order valence-electron chi connectivity index (χ1n) is 12.9. The van der Waals surface area contributed by atoms with Gasteiger partial charge in [-0.3, -0.25) is 14.2 Å². The van der Waals surface area contributed by atoms with Crippen LogP contribution >= 0.6 is 23.1 Å². The Morgan fingerprint density at radius 1 is 1.18 bits per heavy atom. The largest absolute Gasteiger partial charge is 0.496 e. The van der Waals surface area contributed by atoms with E-state index < -0.39 is 6.04 Å². The second-order valence-electron chi connectivity index (χ2n) is 9.04. The Labute approximate surface area is 239 Å². The predicted molar refractivity (Wildman–Crippen MR) is 154 cm³/mol. The number of likely N-dealkylation sites (N-methyl/N-ethyl adjacent to an activating group) is 1. The summed E-state index contributed by atoms with van der Waals surface area (Å²) >= 11 is 2.57. The van der Waals surface area contributed by atoms with E-state index in [1.165, 1.54) is 23.1 Å². The number of carbonyl (C=O) groups excluding carboxylic acids is 1. The first-order chi connectivity index (χ1) is 19.3. The summed E-state index contributed by atoms with van der Waals surface area (Å²) in [6.45, 7) is 8.68. The van der Waals surface area contributed by atoms with Crippen molar-refractivity contribution in [3.63, 3.8) is 0 Å². The molecule has 1 aromatic carbocycles. The molecule has 1 aliphatic heterocycles. The summed E-state index contributed by atoms with van der Waals surface area (Å²) in [7, 11) is 1.58. The summed E-state index contributed by atoms with van der Waals surface area (Å²) in [5.41, 5.74) is 2.36. The van der Waals surface area contributed by atoms with Gasteiger partial charge in [0.15, 0.2) is 15.1 Å². The first kappa shape index (κ1) is 27.6. The van der Waals surface area contributed by atoms with Crippen molar-refractivity contribution in [2.24, 2.45) is 4.99 Å². The van der Waals surface area contributed by atoms with Crippen LogP contribution in [0.15, 0.2) is 84.4 Å². The summed E-state index contributed by atoms with van der Waals surface area (Å²) in [5.74, 6) is 0.958. The number of rotatable bonds is 8. The third-order valence-corrected chi connectivity index (χ3v) is 8.36. The molecular weight excluding hydrogens is 546 g/mol. The smallest absolute Gasteiger partial charge is 0.271 e. The van der Waals surface area contributed by atoms with Crippen LogP contribution in [0, 0.1) is 6.92 Å². The molecule has 0 spiro atoms. The number of aryl methyl sites for hydroxylation is 1. The van der Waals surface area contributed by atoms with Crippen LogP contribution in [0.4, 0.5) is 0 Å². The fourth-order valence-corrected chi connectivity index (χ4v) is 6.41. The average Bonchev–Trinajstić information content (AvgIpc) is 3.51. The Morgan fingerprint density at radius 3 is 2.67 bits per heavy atom. The fraction of sp³-hybridized carbons (Fsp3) is 0.276. The van der Waals surface area contributed by atoms with E-state index in [-0.39, 0.29) is 11.5 Å². The minimum Gasteiger partial charge on any atom is -0.496 e. The third kappa shape index (κ3) is 5.26. The molecule has 0 bridgehead atoms. The highest BCUT2D eigenvalue weighted by atomic mass is 32.2. The molecule has 0 unspecified atom stereocenters. The van der Waals surface area contributed by atoms with E-state index >= 15 is 0 Å².